The number of hydrogen-bond donors (Lipinski definition) is 0. The topological polar surface area (TPSA) is 39.4 Å². The van der Waals surface area contributed by atoms with Gasteiger partial charge in [0, 0.05) is 13.3 Å². The summed E-state index contributed by atoms with van der Waals surface area (Å²) in [6.07, 6.45) is 1.67. The molecule has 3 nitrogen and oxygen atoms in total. The van der Waals surface area contributed by atoms with Crippen LogP contribution in [-0.2, 0) is 0 Å². The fourth-order valence-electron chi connectivity index (χ4n) is 0.647. The highest BCUT2D eigenvalue weighted by molar-refractivity contribution is 5.65. The predicted molar refractivity (Wildman–Crippen MR) is 30.2 cm³/mol. The van der Waals surface area contributed by atoms with Gasteiger partial charge in [0.2, 0.25) is 0 Å². The van der Waals surface area contributed by atoms with Crippen molar-refractivity contribution in [3.8, 4) is 6.07 Å². The smallest absolute Gasteiger partial charge is 0.102 e. The van der Waals surface area contributed by atoms with Crippen LogP contribution >= 0.6 is 0 Å². The number of hydrogen-bond acceptors (Lipinski definition) is 3. The molecular weight excluding hydrogens is 102 g/mol. The average Bonchev–Trinajstić information content (AvgIpc) is 2.14. The Morgan fingerprint density at radius 3 is 3.00 bits per heavy atom. The van der Waals surface area contributed by atoms with Crippen molar-refractivity contribution >= 4 is 6.21 Å². The molecule has 42 valence electrons. The summed E-state index contributed by atoms with van der Waals surface area (Å²) < 4.78 is 0. The first-order valence-electron chi connectivity index (χ1n) is 2.48. The van der Waals surface area contributed by atoms with Crippen molar-refractivity contribution in [2.75, 3.05) is 13.6 Å². The van der Waals surface area contributed by atoms with Gasteiger partial charge in [-0.15, -0.1) is 0 Å². The van der Waals surface area contributed by atoms with Crippen LogP contribution in [0.5, 0.6) is 0 Å². The molecule has 8 heavy (non-hydrogen) atoms. The lowest BCUT2D eigenvalue weighted by Crippen LogP contribution is -2.11. The molecule has 0 bridgehead atoms. The first kappa shape index (κ1) is 5.10. The van der Waals surface area contributed by atoms with Gasteiger partial charge in [-0.2, -0.15) is 10.4 Å². The number of nitriles is 1. The minimum absolute atomic E-state index is 0.0139. The summed E-state index contributed by atoms with van der Waals surface area (Å²) >= 11 is 0. The molecule has 0 N–H and O–H groups in total. The first-order valence-corrected chi connectivity index (χ1v) is 2.48. The van der Waals surface area contributed by atoms with Crippen molar-refractivity contribution in [2.45, 2.75) is 0 Å². The van der Waals surface area contributed by atoms with Crippen LogP contribution in [-0.4, -0.2) is 24.8 Å². The molecule has 0 saturated carbocycles. The zero-order valence-electron chi connectivity index (χ0n) is 4.70. The van der Waals surface area contributed by atoms with Crippen LogP contribution in [0.4, 0.5) is 0 Å². The monoisotopic (exact) mass is 109 g/mol. The van der Waals surface area contributed by atoms with Crippen LogP contribution in [0, 0.1) is 17.2 Å². The van der Waals surface area contributed by atoms with Gasteiger partial charge < -0.3 is 0 Å². The molecule has 0 aromatic heterocycles. The van der Waals surface area contributed by atoms with Crippen LogP contribution in [0.3, 0.4) is 0 Å². The maximum atomic E-state index is 8.32. The third-order valence-electron chi connectivity index (χ3n) is 1.07. The molecule has 0 amide bonds. The third-order valence-corrected chi connectivity index (χ3v) is 1.07. The minimum atomic E-state index is 0.0139. The molecule has 1 atom stereocenters. The van der Waals surface area contributed by atoms with E-state index in [0.717, 1.165) is 6.54 Å². The van der Waals surface area contributed by atoms with E-state index in [0.29, 0.717) is 0 Å². The largest absolute Gasteiger partial charge is 0.299 e. The Kier molecular flexibility index (Phi) is 1.17. The molecule has 1 rings (SSSR count). The maximum Gasteiger partial charge on any atom is 0.102 e. The Morgan fingerprint density at radius 2 is 2.75 bits per heavy atom. The normalized spacial score (nSPS) is 26.0. The summed E-state index contributed by atoms with van der Waals surface area (Å²) in [4.78, 5) is 0. The summed E-state index contributed by atoms with van der Waals surface area (Å²) in [6.45, 7) is 0.747. The summed E-state index contributed by atoms with van der Waals surface area (Å²) in [7, 11) is 1.86. The van der Waals surface area contributed by atoms with Crippen LogP contribution < -0.4 is 0 Å². The zero-order chi connectivity index (χ0) is 5.98. The zero-order valence-corrected chi connectivity index (χ0v) is 4.70. The summed E-state index contributed by atoms with van der Waals surface area (Å²) in [5, 5.41) is 13.9. The Bertz CT molecular complexity index is 144. The molecule has 0 aromatic rings. The highest BCUT2D eigenvalue weighted by Gasteiger charge is 2.11. The van der Waals surface area contributed by atoms with Crippen molar-refractivity contribution in [1.29, 1.82) is 5.26 Å². The fraction of sp³-hybridized carbons (Fsp3) is 0.600. The molecule has 0 fully saturated rings. The second-order valence-electron chi connectivity index (χ2n) is 1.84. The van der Waals surface area contributed by atoms with Gasteiger partial charge in [-0.1, -0.05) is 0 Å². The van der Waals surface area contributed by atoms with Gasteiger partial charge >= 0.3 is 0 Å². The molecule has 3 heteroatoms. The van der Waals surface area contributed by atoms with Gasteiger partial charge in [0.25, 0.3) is 0 Å². The number of hydrazone groups is 1. The van der Waals surface area contributed by atoms with E-state index in [2.05, 4.69) is 11.2 Å². The van der Waals surface area contributed by atoms with E-state index < -0.39 is 0 Å². The molecule has 1 aliphatic heterocycles. The van der Waals surface area contributed by atoms with E-state index in [4.69, 9.17) is 5.26 Å². The first-order chi connectivity index (χ1) is 3.83. The lowest BCUT2D eigenvalue weighted by atomic mass is 10.2. The molecule has 0 aliphatic carbocycles. The van der Waals surface area contributed by atoms with E-state index in [9.17, 15) is 0 Å². The summed E-state index contributed by atoms with van der Waals surface area (Å²) in [5.74, 6) is 0.0139. The lowest BCUT2D eigenvalue weighted by Gasteiger charge is -2.02. The molecule has 1 aliphatic rings. The molecule has 0 radical (unpaired) electrons. The second kappa shape index (κ2) is 1.83. The van der Waals surface area contributed by atoms with E-state index >= 15 is 0 Å². The number of rotatable bonds is 0. The van der Waals surface area contributed by atoms with E-state index in [1.807, 2.05) is 7.05 Å². The van der Waals surface area contributed by atoms with E-state index in [1.165, 1.54) is 0 Å². The lowest BCUT2D eigenvalue weighted by molar-refractivity contribution is 0.377. The van der Waals surface area contributed by atoms with Crippen molar-refractivity contribution < 1.29 is 0 Å². The minimum Gasteiger partial charge on any atom is -0.299 e. The van der Waals surface area contributed by atoms with E-state index in [1.54, 1.807) is 11.2 Å². The number of nitrogens with zero attached hydrogens (tertiary/aromatic N) is 3. The fourth-order valence-corrected chi connectivity index (χ4v) is 0.647. The summed E-state index contributed by atoms with van der Waals surface area (Å²) in [5.41, 5.74) is 0. The van der Waals surface area contributed by atoms with Gasteiger partial charge in [-0.05, 0) is 0 Å². The molecule has 0 saturated heterocycles. The highest BCUT2D eigenvalue weighted by atomic mass is 15.4. The SMILES string of the molecule is CN1C[C@@H](C#N)C=N1. The standard InChI is InChI=1S/C5H7N3/c1-8-4-5(2-6)3-7-8/h3,5H,4H2,1H3/t5-/m0/s1. The van der Waals surface area contributed by atoms with E-state index in [-0.39, 0.29) is 5.92 Å². The van der Waals surface area contributed by atoms with Gasteiger partial charge in [-0.3, -0.25) is 5.01 Å². The third kappa shape index (κ3) is 0.784. The molecule has 0 unspecified atom stereocenters. The molecule has 0 aromatic carbocycles. The summed E-state index contributed by atoms with van der Waals surface area (Å²) in [6, 6.07) is 2.10. The van der Waals surface area contributed by atoms with Gasteiger partial charge in [-0.25, -0.2) is 0 Å². The van der Waals surface area contributed by atoms with Crippen LogP contribution in [0.15, 0.2) is 5.10 Å². The van der Waals surface area contributed by atoms with Gasteiger partial charge in [0.1, 0.15) is 5.92 Å². The Balaban J connectivity index is 2.49. The van der Waals surface area contributed by atoms with Crippen molar-refractivity contribution in [2.24, 2.45) is 11.0 Å². The second-order valence-corrected chi connectivity index (χ2v) is 1.84. The van der Waals surface area contributed by atoms with Gasteiger partial charge in [0.15, 0.2) is 0 Å². The predicted octanol–water partition coefficient (Wildman–Crippen LogP) is 0.0574. The van der Waals surface area contributed by atoms with Crippen LogP contribution in [0.2, 0.25) is 0 Å². The quantitative estimate of drug-likeness (QED) is 0.441. The maximum absolute atomic E-state index is 8.32. The Hall–Kier alpha value is -1.04. The van der Waals surface area contributed by atoms with Crippen LogP contribution in [0.1, 0.15) is 0 Å². The Labute approximate surface area is 48.2 Å². The average molecular weight is 109 g/mol. The molecular formula is C5H7N3. The van der Waals surface area contributed by atoms with Crippen LogP contribution in [0.25, 0.3) is 0 Å². The van der Waals surface area contributed by atoms with Crippen molar-refractivity contribution in [1.82, 2.24) is 5.01 Å². The van der Waals surface area contributed by atoms with Crippen molar-refractivity contribution in [3.05, 3.63) is 0 Å². The Morgan fingerprint density at radius 1 is 2.00 bits per heavy atom. The molecule has 0 spiro atoms. The van der Waals surface area contributed by atoms with Crippen molar-refractivity contribution in [3.63, 3.8) is 0 Å². The van der Waals surface area contributed by atoms with Gasteiger partial charge in [0.05, 0.1) is 12.6 Å². The molecule has 1 heterocycles. The highest BCUT2D eigenvalue weighted by Crippen LogP contribution is 2.01.